The van der Waals surface area contributed by atoms with Gasteiger partial charge >= 0.3 is 51.4 Å². The molecular weight excluding hydrogens is 1520 g/mol. The lowest BCUT2D eigenvalue weighted by Gasteiger charge is -2.12. The highest BCUT2D eigenvalue weighted by atomic mass is 32.2. The first-order chi connectivity index (χ1) is 52.8. The van der Waals surface area contributed by atoms with Crippen molar-refractivity contribution in [2.45, 2.75) is 103 Å². The first-order valence-electron chi connectivity index (χ1n) is 34.5. The molecule has 0 unspecified atom stereocenters. The van der Waals surface area contributed by atoms with E-state index in [1.54, 1.807) is 119 Å². The van der Waals surface area contributed by atoms with Crippen LogP contribution in [0, 0.1) is 0 Å². The van der Waals surface area contributed by atoms with Crippen molar-refractivity contribution in [2.75, 3.05) is 141 Å². The van der Waals surface area contributed by atoms with Gasteiger partial charge in [0.2, 0.25) is 0 Å². The van der Waals surface area contributed by atoms with Crippen LogP contribution in [0.5, 0.6) is 69.0 Å². The van der Waals surface area contributed by atoms with Gasteiger partial charge in [0.1, 0.15) is 26.4 Å². The van der Waals surface area contributed by atoms with E-state index in [4.69, 9.17) is 96.2 Å². The summed E-state index contributed by atoms with van der Waals surface area (Å²) in [6.07, 6.45) is 1.25. The molecule has 0 aliphatic heterocycles. The normalized spacial score (nSPS) is 9.96. The highest BCUT2D eigenvalue weighted by Crippen LogP contribution is 2.33. The molecule has 0 saturated carbocycles. The highest BCUT2D eigenvalue weighted by Gasteiger charge is 2.47. The zero-order valence-electron chi connectivity index (χ0n) is 65.1. The van der Waals surface area contributed by atoms with Crippen LogP contribution in [0.4, 0.5) is 13.2 Å². The van der Waals surface area contributed by atoms with Crippen molar-refractivity contribution >= 4 is 45.9 Å². The Bertz CT molecular complexity index is 3540. The number of esters is 6. The molecule has 0 heterocycles. The van der Waals surface area contributed by atoms with Gasteiger partial charge in [-0.2, -0.15) is 21.6 Å². The molecular formula is C78H113F3O31S. The van der Waals surface area contributed by atoms with Crippen molar-refractivity contribution in [1.82, 2.24) is 0 Å². The molecule has 6 N–H and O–H groups in total. The molecule has 0 aromatic heterocycles. The average Bonchev–Trinajstić information content (AvgIpc) is 0.852. The quantitative estimate of drug-likeness (QED) is 0.00545. The second kappa shape index (κ2) is 63.9. The summed E-state index contributed by atoms with van der Waals surface area (Å²) in [6, 6.07) is 26.3. The number of ether oxygens (including phenoxy) is 16. The first kappa shape index (κ1) is 109. The van der Waals surface area contributed by atoms with Gasteiger partial charge in [-0.1, -0.05) is 35.1 Å². The molecule has 0 atom stereocenters. The number of halogens is 3. The zero-order valence-corrected chi connectivity index (χ0v) is 65.9. The van der Waals surface area contributed by atoms with E-state index in [1.165, 1.54) is 55.0 Å². The van der Waals surface area contributed by atoms with Crippen LogP contribution in [0.15, 0.2) is 109 Å². The Morgan fingerprint density at radius 3 is 0.708 bits per heavy atom. The predicted octanol–water partition coefficient (Wildman–Crippen LogP) is 13.9. The lowest BCUT2D eigenvalue weighted by Crippen LogP contribution is -2.25. The second-order valence-corrected chi connectivity index (χ2v) is 22.3. The maximum absolute atomic E-state index is 11.6. The number of hydrogen-bond acceptors (Lipinski definition) is 31. The molecule has 0 spiro atoms. The Kier molecular flexibility index (Phi) is 61.4. The van der Waals surface area contributed by atoms with Crippen molar-refractivity contribution in [3.8, 4) is 69.0 Å². The molecule has 0 bridgehead atoms. The summed E-state index contributed by atoms with van der Waals surface area (Å²) in [5, 5.41) is 55.3. The third kappa shape index (κ3) is 45.4. The molecule has 6 aromatic carbocycles. The van der Waals surface area contributed by atoms with E-state index in [0.717, 1.165) is 19.1 Å². The number of benzene rings is 6. The molecule has 6 aromatic rings. The fourth-order valence-electron chi connectivity index (χ4n) is 7.33. The van der Waals surface area contributed by atoms with Crippen LogP contribution in [-0.2, 0) is 61.7 Å². The van der Waals surface area contributed by atoms with Crippen molar-refractivity contribution in [3.05, 3.63) is 143 Å². The predicted molar refractivity (Wildman–Crippen MR) is 412 cm³/mol. The molecule has 0 amide bonds. The molecule has 0 aliphatic carbocycles. The van der Waals surface area contributed by atoms with Gasteiger partial charge < -0.3 is 106 Å². The van der Waals surface area contributed by atoms with Gasteiger partial charge in [0.05, 0.1) is 119 Å². The van der Waals surface area contributed by atoms with E-state index in [-0.39, 0.29) is 85.6 Å². The second-order valence-electron chi connectivity index (χ2n) is 20.7. The molecule has 35 heteroatoms. The average molecular weight is 1640 g/mol. The Hall–Kier alpha value is -10.7. The van der Waals surface area contributed by atoms with Gasteiger partial charge in [0.15, 0.2) is 69.0 Å². The summed E-state index contributed by atoms with van der Waals surface area (Å²) in [5.74, 6) is -1.18. The summed E-state index contributed by atoms with van der Waals surface area (Å²) in [6.45, 7) is 25.2. The molecule has 6 rings (SSSR count). The van der Waals surface area contributed by atoms with Gasteiger partial charge in [0, 0.05) is 28.4 Å². The van der Waals surface area contributed by atoms with E-state index >= 15 is 0 Å². The number of aromatic hydroxyl groups is 6. The smallest absolute Gasteiger partial charge is 0.504 e. The monoisotopic (exact) mass is 1630 g/mol. The van der Waals surface area contributed by atoms with Crippen LogP contribution in [0.25, 0.3) is 0 Å². The number of rotatable bonds is 34. The molecule has 113 heavy (non-hydrogen) atoms. The minimum Gasteiger partial charge on any atom is -0.504 e. The van der Waals surface area contributed by atoms with E-state index < -0.39 is 46.1 Å². The fraction of sp³-hybridized carbons (Fsp3) is 0.462. The lowest BCUT2D eigenvalue weighted by atomic mass is 10.2. The summed E-state index contributed by atoms with van der Waals surface area (Å²) >= 11 is 0. The van der Waals surface area contributed by atoms with Gasteiger partial charge in [0.25, 0.3) is 0 Å². The van der Waals surface area contributed by atoms with Crippen molar-refractivity contribution in [3.63, 3.8) is 0 Å². The molecule has 638 valence electrons. The number of phenols is 6. The Morgan fingerprint density at radius 1 is 0.292 bits per heavy atom. The first-order valence-corrected chi connectivity index (χ1v) is 35.9. The van der Waals surface area contributed by atoms with Crippen LogP contribution < -0.4 is 28.4 Å². The maximum Gasteiger partial charge on any atom is 0.523 e. The Balaban J connectivity index is -0.000000613. The molecule has 31 nitrogen and oxygen atoms in total. The number of methoxy groups -OCH3 is 4. The molecule has 0 fully saturated rings. The summed E-state index contributed by atoms with van der Waals surface area (Å²) in [7, 11) is 0.993. The van der Waals surface area contributed by atoms with Crippen LogP contribution in [0.3, 0.4) is 0 Å². The van der Waals surface area contributed by atoms with Crippen LogP contribution in [0.1, 0.15) is 160 Å². The minimum atomic E-state index is -5.35. The summed E-state index contributed by atoms with van der Waals surface area (Å²) in [5.41, 5.74) is -3.38. The summed E-state index contributed by atoms with van der Waals surface area (Å²) in [4.78, 5) is 68.2. The van der Waals surface area contributed by atoms with Crippen molar-refractivity contribution in [2.24, 2.45) is 0 Å². The lowest BCUT2D eigenvalue weighted by molar-refractivity contribution is -0.0539. The standard InChI is InChI=1S/2C14H20O5.2C12H16O5.2C9H10O4.C3H5F3O3S.C3H8.2CH4/c2*1-4-17-13-10-11(14(15)18-5-2)6-7-12(13)19-9-8-16-3;2*1-3-16-12(14)9-4-5-11(10(13)8-9)17-7-6-15-2;2*1-2-13-9(12)6-3-4-7(10)8(11)5-6;1-2-9-10(7,8)3(4,5)6;1-3-2;;/h2*6-7,10H,4-5,8-9H2,1-3H3;2*4-5,8,13H,3,6-7H2,1-2H3;2*3-5,10-11H,2H2,1H3;2H2,1H3;3H2,1-2H3;2*1H4. The third-order valence-corrected chi connectivity index (χ3v) is 13.3. The van der Waals surface area contributed by atoms with E-state index in [0.29, 0.717) is 149 Å². The van der Waals surface area contributed by atoms with Crippen LogP contribution in [-0.4, -0.2) is 221 Å². The molecule has 0 saturated heterocycles. The number of alkyl halides is 3. The van der Waals surface area contributed by atoms with Gasteiger partial charge in [-0.05, 0) is 172 Å². The zero-order chi connectivity index (χ0) is 84.3. The fourth-order valence-corrected chi connectivity index (χ4v) is 7.77. The van der Waals surface area contributed by atoms with Crippen LogP contribution >= 0.6 is 0 Å². The number of phenolic OH excluding ortho intramolecular Hbond substituents is 6. The van der Waals surface area contributed by atoms with E-state index in [1.807, 2.05) is 13.8 Å². The topological polar surface area (TPSA) is 415 Å². The van der Waals surface area contributed by atoms with Gasteiger partial charge in [-0.25, -0.2) is 28.8 Å². The minimum absolute atomic E-state index is 0. The molecule has 0 aliphatic rings. The third-order valence-electron chi connectivity index (χ3n) is 12.2. The molecule has 0 radical (unpaired) electrons. The van der Waals surface area contributed by atoms with Gasteiger partial charge in [-0.3, -0.25) is 4.18 Å². The van der Waals surface area contributed by atoms with Crippen molar-refractivity contribution < 1.29 is 161 Å². The van der Waals surface area contributed by atoms with Gasteiger partial charge in [-0.15, -0.1) is 0 Å². The van der Waals surface area contributed by atoms with E-state index in [9.17, 15) is 60.6 Å². The Labute approximate surface area is 659 Å². The number of carbonyl (C=O) groups excluding carboxylic acids is 6. The number of hydrogen-bond donors (Lipinski definition) is 6. The van der Waals surface area contributed by atoms with E-state index in [2.05, 4.69) is 18.0 Å². The summed E-state index contributed by atoms with van der Waals surface area (Å²) < 4.78 is 138. The number of carbonyl (C=O) groups is 6. The largest absolute Gasteiger partial charge is 0.523 e. The maximum atomic E-state index is 11.6. The Morgan fingerprint density at radius 2 is 0.513 bits per heavy atom. The highest BCUT2D eigenvalue weighted by molar-refractivity contribution is 7.87. The van der Waals surface area contributed by atoms with Crippen LogP contribution in [0.2, 0.25) is 0 Å². The van der Waals surface area contributed by atoms with Crippen molar-refractivity contribution in [1.29, 1.82) is 0 Å². The SMILES string of the molecule is C.C.CCC.CCOC(=O)c1ccc(O)c(O)c1.CCOC(=O)c1ccc(O)c(O)c1.CCOC(=O)c1ccc(OCCOC)c(O)c1.CCOC(=O)c1ccc(OCCOC)c(O)c1.CCOC(=O)c1ccc(OCCOC)c(OCC)c1.CCOC(=O)c1ccc(OCCOC)c(OCC)c1.CCOS(=O)(=O)C(F)(F)F.